The number of rotatable bonds is 4. The van der Waals surface area contributed by atoms with Crippen LogP contribution in [0.15, 0.2) is 71.7 Å². The molecule has 0 spiro atoms. The van der Waals surface area contributed by atoms with Crippen molar-refractivity contribution in [1.82, 2.24) is 0 Å². The van der Waals surface area contributed by atoms with Crippen LogP contribution in [0.2, 0.25) is 0 Å². The van der Waals surface area contributed by atoms with Gasteiger partial charge >= 0.3 is 0 Å². The van der Waals surface area contributed by atoms with Crippen LogP contribution in [0.5, 0.6) is 0 Å². The van der Waals surface area contributed by atoms with E-state index in [1.807, 2.05) is 43.3 Å². The third-order valence-corrected chi connectivity index (χ3v) is 4.23. The minimum Gasteiger partial charge on any atom is -0.400 e. The highest BCUT2D eigenvalue weighted by atomic mass is 19.1. The topological polar surface area (TPSA) is 92.8 Å². The van der Waals surface area contributed by atoms with Crippen LogP contribution in [0.3, 0.4) is 0 Å². The molecule has 0 radical (unpaired) electrons. The SMILES string of the molecule is CO.Cc1ccccc1-c1ccc(C(=O)N=C(N)c2ccc(C=O)c(F)c2)cc1. The van der Waals surface area contributed by atoms with E-state index >= 15 is 0 Å². The highest BCUT2D eigenvalue weighted by molar-refractivity contribution is 6.09. The normalized spacial score (nSPS) is 10.7. The minimum absolute atomic E-state index is 0.0790. The number of aliphatic imine (C=N–C) groups is 1. The van der Waals surface area contributed by atoms with Crippen molar-refractivity contribution in [1.29, 1.82) is 0 Å². The fourth-order valence-electron chi connectivity index (χ4n) is 2.71. The third-order valence-electron chi connectivity index (χ3n) is 4.23. The van der Waals surface area contributed by atoms with Crippen LogP contribution in [0, 0.1) is 12.7 Å². The molecule has 0 fully saturated rings. The number of carbonyl (C=O) groups is 2. The van der Waals surface area contributed by atoms with Crippen molar-refractivity contribution in [3.8, 4) is 11.1 Å². The molecular formula is C23H21FN2O3. The zero-order valence-corrected chi connectivity index (χ0v) is 16.1. The van der Waals surface area contributed by atoms with Crippen molar-refractivity contribution in [2.75, 3.05) is 7.11 Å². The van der Waals surface area contributed by atoms with Gasteiger partial charge in [0.2, 0.25) is 0 Å². The Morgan fingerprint density at radius 1 is 1.00 bits per heavy atom. The molecule has 3 N–H and O–H groups in total. The molecule has 3 aromatic rings. The van der Waals surface area contributed by atoms with E-state index in [4.69, 9.17) is 10.8 Å². The van der Waals surface area contributed by atoms with Crippen molar-refractivity contribution in [2.24, 2.45) is 10.7 Å². The standard InChI is InChI=1S/C22H17FN2O2.CH4O/c1-14-4-2-3-5-19(14)15-6-8-16(9-7-15)22(27)25-21(24)17-10-11-18(13-26)20(23)12-17;1-2/h2-13H,1H3,(H2,24,25,27);2H,1H3. The summed E-state index contributed by atoms with van der Waals surface area (Å²) in [5, 5.41) is 7.00. The fourth-order valence-corrected chi connectivity index (χ4v) is 2.71. The van der Waals surface area contributed by atoms with E-state index in [1.54, 1.807) is 12.1 Å². The average Bonchev–Trinajstić information content (AvgIpc) is 2.75. The van der Waals surface area contributed by atoms with Gasteiger partial charge in [-0.05, 0) is 47.9 Å². The lowest BCUT2D eigenvalue weighted by atomic mass is 9.99. The monoisotopic (exact) mass is 392 g/mol. The quantitative estimate of drug-likeness (QED) is 0.402. The van der Waals surface area contributed by atoms with Crippen molar-refractivity contribution in [3.63, 3.8) is 0 Å². The average molecular weight is 392 g/mol. The Kier molecular flexibility index (Phi) is 7.51. The van der Waals surface area contributed by atoms with E-state index in [9.17, 15) is 14.0 Å². The molecule has 3 rings (SSSR count). The summed E-state index contributed by atoms with van der Waals surface area (Å²) < 4.78 is 13.7. The van der Waals surface area contributed by atoms with Crippen LogP contribution < -0.4 is 5.73 Å². The lowest BCUT2D eigenvalue weighted by Gasteiger charge is -2.06. The minimum atomic E-state index is -0.712. The molecule has 0 aliphatic rings. The lowest BCUT2D eigenvalue weighted by Crippen LogP contribution is -2.16. The van der Waals surface area contributed by atoms with E-state index in [-0.39, 0.29) is 17.0 Å². The first-order chi connectivity index (χ1) is 14.0. The molecule has 3 aromatic carbocycles. The lowest BCUT2D eigenvalue weighted by molar-refractivity contribution is 0.100. The second-order valence-corrected chi connectivity index (χ2v) is 6.05. The molecule has 5 nitrogen and oxygen atoms in total. The van der Waals surface area contributed by atoms with E-state index < -0.39 is 11.7 Å². The van der Waals surface area contributed by atoms with Gasteiger partial charge in [-0.3, -0.25) is 9.59 Å². The molecule has 0 atom stereocenters. The summed E-state index contributed by atoms with van der Waals surface area (Å²) in [5.41, 5.74) is 9.56. The van der Waals surface area contributed by atoms with Gasteiger partial charge in [-0.2, -0.15) is 4.99 Å². The molecule has 0 aliphatic heterocycles. The Morgan fingerprint density at radius 2 is 1.62 bits per heavy atom. The van der Waals surface area contributed by atoms with Crippen molar-refractivity contribution in [2.45, 2.75) is 6.92 Å². The van der Waals surface area contributed by atoms with Crippen LogP contribution >= 0.6 is 0 Å². The van der Waals surface area contributed by atoms with Gasteiger partial charge < -0.3 is 10.8 Å². The van der Waals surface area contributed by atoms with Crippen LogP contribution in [0.25, 0.3) is 11.1 Å². The number of halogens is 1. The number of aldehydes is 1. The first-order valence-corrected chi connectivity index (χ1v) is 8.74. The number of nitrogens with zero attached hydrogens (tertiary/aromatic N) is 1. The first kappa shape index (κ1) is 21.7. The molecule has 0 unspecified atom stereocenters. The fraction of sp³-hybridized carbons (Fsp3) is 0.0870. The molecule has 0 heterocycles. The largest absolute Gasteiger partial charge is 0.400 e. The van der Waals surface area contributed by atoms with Gasteiger partial charge in [0.1, 0.15) is 11.7 Å². The third kappa shape index (κ3) is 5.21. The van der Waals surface area contributed by atoms with E-state index in [2.05, 4.69) is 4.99 Å². The summed E-state index contributed by atoms with van der Waals surface area (Å²) in [6.45, 7) is 2.02. The molecule has 0 aliphatic carbocycles. The summed E-state index contributed by atoms with van der Waals surface area (Å²) >= 11 is 0. The molecule has 0 saturated carbocycles. The van der Waals surface area contributed by atoms with Gasteiger partial charge in [-0.15, -0.1) is 0 Å². The number of carbonyl (C=O) groups excluding carboxylic acids is 2. The summed E-state index contributed by atoms with van der Waals surface area (Å²) in [6.07, 6.45) is 0.410. The van der Waals surface area contributed by atoms with Crippen molar-refractivity contribution >= 4 is 18.0 Å². The number of nitrogens with two attached hydrogens (primary N) is 1. The maximum atomic E-state index is 13.7. The number of hydrogen-bond acceptors (Lipinski definition) is 3. The first-order valence-electron chi connectivity index (χ1n) is 8.74. The molecule has 0 saturated heterocycles. The Labute approximate surface area is 168 Å². The molecular weight excluding hydrogens is 371 g/mol. The van der Waals surface area contributed by atoms with Gasteiger partial charge in [-0.1, -0.05) is 42.5 Å². The smallest absolute Gasteiger partial charge is 0.278 e. The van der Waals surface area contributed by atoms with Crippen LogP contribution in [0.1, 0.15) is 31.8 Å². The molecule has 1 amide bonds. The van der Waals surface area contributed by atoms with Gasteiger partial charge in [0.05, 0.1) is 5.56 Å². The Hall–Kier alpha value is -3.64. The summed E-state index contributed by atoms with van der Waals surface area (Å²) in [7, 11) is 1.00. The number of hydrogen-bond donors (Lipinski definition) is 2. The highest BCUT2D eigenvalue weighted by Crippen LogP contribution is 2.23. The van der Waals surface area contributed by atoms with Gasteiger partial charge in [0, 0.05) is 18.2 Å². The Morgan fingerprint density at radius 3 is 2.21 bits per heavy atom. The number of aliphatic hydroxyl groups is 1. The number of benzene rings is 3. The van der Waals surface area contributed by atoms with E-state index in [0.717, 1.165) is 29.9 Å². The van der Waals surface area contributed by atoms with E-state index in [0.29, 0.717) is 11.8 Å². The zero-order valence-electron chi connectivity index (χ0n) is 16.1. The van der Waals surface area contributed by atoms with Gasteiger partial charge in [-0.25, -0.2) is 4.39 Å². The zero-order chi connectivity index (χ0) is 21.4. The summed E-state index contributed by atoms with van der Waals surface area (Å²) in [5.74, 6) is -1.35. The summed E-state index contributed by atoms with van der Waals surface area (Å²) in [6, 6.07) is 18.8. The number of amides is 1. The van der Waals surface area contributed by atoms with E-state index in [1.165, 1.54) is 12.1 Å². The molecule has 6 heteroatoms. The second kappa shape index (κ2) is 10.1. The van der Waals surface area contributed by atoms with Gasteiger partial charge in [0.25, 0.3) is 5.91 Å². The number of aryl methyl sites for hydroxylation is 1. The molecule has 148 valence electrons. The van der Waals surface area contributed by atoms with Gasteiger partial charge in [0.15, 0.2) is 6.29 Å². The predicted molar refractivity (Wildman–Crippen MR) is 112 cm³/mol. The highest BCUT2D eigenvalue weighted by Gasteiger charge is 2.10. The summed E-state index contributed by atoms with van der Waals surface area (Å²) in [4.78, 5) is 26.8. The Balaban J connectivity index is 0.00000145. The molecule has 0 bridgehead atoms. The predicted octanol–water partition coefficient (Wildman–Crippen LogP) is 3.77. The van der Waals surface area contributed by atoms with Crippen molar-refractivity contribution < 1.29 is 19.1 Å². The van der Waals surface area contributed by atoms with Crippen molar-refractivity contribution in [3.05, 3.63) is 94.8 Å². The Bertz CT molecular complexity index is 1040. The van der Waals surface area contributed by atoms with Crippen LogP contribution in [-0.4, -0.2) is 30.2 Å². The maximum absolute atomic E-state index is 13.7. The number of amidine groups is 1. The second-order valence-electron chi connectivity index (χ2n) is 6.05. The maximum Gasteiger partial charge on any atom is 0.278 e. The molecule has 29 heavy (non-hydrogen) atoms. The molecule has 0 aromatic heterocycles. The number of aliphatic hydroxyl groups excluding tert-OH is 1. The van der Waals surface area contributed by atoms with Crippen LogP contribution in [0.4, 0.5) is 4.39 Å². The van der Waals surface area contributed by atoms with Crippen LogP contribution in [-0.2, 0) is 0 Å².